The van der Waals surface area contributed by atoms with E-state index in [0.29, 0.717) is 6.61 Å². The summed E-state index contributed by atoms with van der Waals surface area (Å²) in [5.41, 5.74) is 1.06. The third-order valence-corrected chi connectivity index (χ3v) is 10.6. The first-order valence-corrected chi connectivity index (χ1v) is 10.9. The van der Waals surface area contributed by atoms with Crippen LogP contribution in [-0.2, 0) is 4.74 Å². The van der Waals surface area contributed by atoms with Crippen molar-refractivity contribution in [1.82, 2.24) is 0 Å². The first kappa shape index (κ1) is 17.1. The first-order valence-electron chi connectivity index (χ1n) is 8.33. The Morgan fingerprint density at radius 3 is 2.27 bits per heavy atom. The predicted molar refractivity (Wildman–Crippen MR) is 96.4 cm³/mol. The Labute approximate surface area is 135 Å². The van der Waals surface area contributed by atoms with Crippen molar-refractivity contribution in [1.29, 1.82) is 0 Å². The lowest BCUT2D eigenvalue weighted by Crippen LogP contribution is -2.48. The van der Waals surface area contributed by atoms with Crippen LogP contribution >= 0.6 is 0 Å². The molecule has 0 radical (unpaired) electrons. The molecule has 1 aliphatic rings. The normalized spacial score (nSPS) is 17.1. The number of hydrogen-bond donors (Lipinski definition) is 0. The van der Waals surface area contributed by atoms with Crippen molar-refractivity contribution in [2.24, 2.45) is 4.99 Å². The van der Waals surface area contributed by atoms with Gasteiger partial charge in [-0.1, -0.05) is 38.9 Å². The monoisotopic (exact) mass is 319 g/mol. The standard InChI is InChI=1S/C18H29NO2Si/c1-7-22(8-2,9-3)16-12-14(20-6)10-11-15(16)17-19-18(4,5)13-21-17/h10-12H,7-9,13H2,1-6H3. The van der Waals surface area contributed by atoms with E-state index in [2.05, 4.69) is 46.8 Å². The molecular formula is C18H29NO2Si. The summed E-state index contributed by atoms with van der Waals surface area (Å²) >= 11 is 0. The molecule has 0 spiro atoms. The molecule has 1 aliphatic heterocycles. The molecule has 0 fully saturated rings. The zero-order chi connectivity index (χ0) is 16.4. The van der Waals surface area contributed by atoms with E-state index < -0.39 is 8.07 Å². The maximum Gasteiger partial charge on any atom is 0.216 e. The van der Waals surface area contributed by atoms with Crippen LogP contribution in [0.2, 0.25) is 18.1 Å². The summed E-state index contributed by atoms with van der Waals surface area (Å²) in [4.78, 5) is 4.80. The molecule has 0 saturated carbocycles. The summed E-state index contributed by atoms with van der Waals surface area (Å²) < 4.78 is 11.4. The number of nitrogens with zero attached hydrogens (tertiary/aromatic N) is 1. The van der Waals surface area contributed by atoms with E-state index in [1.54, 1.807) is 7.11 Å². The minimum absolute atomic E-state index is 0.124. The maximum absolute atomic E-state index is 5.93. The zero-order valence-corrected chi connectivity index (χ0v) is 15.8. The molecule has 0 N–H and O–H groups in total. The highest BCUT2D eigenvalue weighted by Gasteiger charge is 2.35. The van der Waals surface area contributed by atoms with Gasteiger partial charge in [-0.05, 0) is 37.2 Å². The molecule has 0 bridgehead atoms. The second-order valence-corrected chi connectivity index (χ2v) is 12.0. The van der Waals surface area contributed by atoms with Gasteiger partial charge >= 0.3 is 0 Å². The zero-order valence-electron chi connectivity index (χ0n) is 14.8. The van der Waals surface area contributed by atoms with Crippen molar-refractivity contribution in [2.75, 3.05) is 13.7 Å². The molecule has 22 heavy (non-hydrogen) atoms. The van der Waals surface area contributed by atoms with E-state index in [-0.39, 0.29) is 5.54 Å². The molecule has 0 atom stereocenters. The summed E-state index contributed by atoms with van der Waals surface area (Å²) in [6, 6.07) is 10.1. The van der Waals surface area contributed by atoms with Crippen molar-refractivity contribution < 1.29 is 9.47 Å². The molecule has 2 rings (SSSR count). The number of benzene rings is 1. The van der Waals surface area contributed by atoms with E-state index in [1.807, 2.05) is 6.07 Å². The van der Waals surface area contributed by atoms with Gasteiger partial charge in [-0.15, -0.1) is 0 Å². The van der Waals surface area contributed by atoms with Crippen LogP contribution in [0.4, 0.5) is 0 Å². The van der Waals surface area contributed by atoms with Crippen LogP contribution in [0.1, 0.15) is 40.2 Å². The van der Waals surface area contributed by atoms with Crippen LogP contribution in [-0.4, -0.2) is 33.2 Å². The van der Waals surface area contributed by atoms with Gasteiger partial charge in [0.05, 0.1) is 20.7 Å². The quantitative estimate of drug-likeness (QED) is 0.743. The number of rotatable bonds is 6. The molecule has 122 valence electrons. The highest BCUT2D eigenvalue weighted by molar-refractivity contribution is 6.92. The van der Waals surface area contributed by atoms with Crippen LogP contribution < -0.4 is 9.92 Å². The van der Waals surface area contributed by atoms with E-state index in [0.717, 1.165) is 11.6 Å². The lowest BCUT2D eigenvalue weighted by atomic mass is 10.1. The summed E-state index contributed by atoms with van der Waals surface area (Å²) in [6.45, 7) is 11.9. The van der Waals surface area contributed by atoms with E-state index in [4.69, 9.17) is 14.5 Å². The van der Waals surface area contributed by atoms with Crippen molar-refractivity contribution >= 4 is 19.2 Å². The van der Waals surface area contributed by atoms with Crippen LogP contribution in [0, 0.1) is 0 Å². The Morgan fingerprint density at radius 1 is 1.18 bits per heavy atom. The lowest BCUT2D eigenvalue weighted by molar-refractivity contribution is 0.279. The van der Waals surface area contributed by atoms with Gasteiger partial charge in [0.25, 0.3) is 0 Å². The number of aliphatic imine (C=N–C) groups is 1. The third kappa shape index (κ3) is 3.07. The maximum atomic E-state index is 5.93. The third-order valence-electron chi connectivity index (χ3n) is 5.03. The highest BCUT2D eigenvalue weighted by Crippen LogP contribution is 2.27. The van der Waals surface area contributed by atoms with Gasteiger partial charge in [0.2, 0.25) is 5.90 Å². The summed E-state index contributed by atoms with van der Waals surface area (Å²) in [6.07, 6.45) is 0. The predicted octanol–water partition coefficient (Wildman–Crippen LogP) is 3.97. The Morgan fingerprint density at radius 2 is 1.82 bits per heavy atom. The molecule has 1 aromatic rings. The van der Waals surface area contributed by atoms with Gasteiger partial charge in [-0.25, -0.2) is 4.99 Å². The Bertz CT molecular complexity index is 554. The largest absolute Gasteiger partial charge is 0.497 e. The fraction of sp³-hybridized carbons (Fsp3) is 0.611. The molecule has 0 aromatic heterocycles. The molecule has 3 nitrogen and oxygen atoms in total. The summed E-state index contributed by atoms with van der Waals surface area (Å²) in [5, 5.41) is 1.44. The highest BCUT2D eigenvalue weighted by atomic mass is 28.3. The first-order chi connectivity index (χ1) is 10.4. The molecule has 0 amide bonds. The molecule has 4 heteroatoms. The Balaban J connectivity index is 2.60. The SMILES string of the molecule is CC[Si](CC)(CC)c1cc(OC)ccc1C1=NC(C)(C)CO1. The number of hydrogen-bond acceptors (Lipinski definition) is 3. The van der Waals surface area contributed by atoms with Gasteiger partial charge in [-0.2, -0.15) is 0 Å². The minimum atomic E-state index is -1.54. The van der Waals surface area contributed by atoms with E-state index in [1.165, 1.54) is 28.9 Å². The van der Waals surface area contributed by atoms with Crippen LogP contribution in [0.5, 0.6) is 5.75 Å². The Kier molecular flexibility index (Phi) is 5.00. The fourth-order valence-electron chi connectivity index (χ4n) is 3.32. The number of ether oxygens (including phenoxy) is 2. The van der Waals surface area contributed by atoms with E-state index >= 15 is 0 Å². The Hall–Kier alpha value is -1.29. The number of methoxy groups -OCH3 is 1. The molecule has 0 unspecified atom stereocenters. The molecule has 1 aromatic carbocycles. The van der Waals surface area contributed by atoms with Crippen molar-refractivity contribution in [3.05, 3.63) is 23.8 Å². The van der Waals surface area contributed by atoms with Crippen molar-refractivity contribution in [2.45, 2.75) is 58.3 Å². The molecular weight excluding hydrogens is 290 g/mol. The molecule has 1 heterocycles. The fourth-order valence-corrected chi connectivity index (χ4v) is 7.17. The smallest absolute Gasteiger partial charge is 0.216 e. The van der Waals surface area contributed by atoms with Crippen molar-refractivity contribution in [3.8, 4) is 5.75 Å². The minimum Gasteiger partial charge on any atom is -0.497 e. The van der Waals surface area contributed by atoms with Gasteiger partial charge in [0, 0.05) is 5.56 Å². The van der Waals surface area contributed by atoms with Crippen molar-refractivity contribution in [3.63, 3.8) is 0 Å². The second-order valence-electron chi connectivity index (χ2n) is 6.77. The lowest BCUT2D eigenvalue weighted by Gasteiger charge is -2.31. The summed E-state index contributed by atoms with van der Waals surface area (Å²) in [7, 11) is 0.194. The van der Waals surface area contributed by atoms with Crippen LogP contribution in [0.3, 0.4) is 0 Å². The molecule has 0 aliphatic carbocycles. The summed E-state index contributed by atoms with van der Waals surface area (Å²) in [5.74, 6) is 1.75. The van der Waals surface area contributed by atoms with Crippen LogP contribution in [0.15, 0.2) is 23.2 Å². The topological polar surface area (TPSA) is 30.8 Å². The van der Waals surface area contributed by atoms with Crippen LogP contribution in [0.25, 0.3) is 0 Å². The van der Waals surface area contributed by atoms with Gasteiger partial charge < -0.3 is 9.47 Å². The van der Waals surface area contributed by atoms with Gasteiger partial charge in [0.1, 0.15) is 12.4 Å². The van der Waals surface area contributed by atoms with Gasteiger partial charge in [0.15, 0.2) is 0 Å². The van der Waals surface area contributed by atoms with E-state index in [9.17, 15) is 0 Å². The average molecular weight is 320 g/mol. The van der Waals surface area contributed by atoms with Gasteiger partial charge in [-0.3, -0.25) is 0 Å². The average Bonchev–Trinajstić information content (AvgIpc) is 2.89. The molecule has 0 saturated heterocycles. The second kappa shape index (κ2) is 6.45.